The molecule has 1 aromatic carbocycles. The predicted octanol–water partition coefficient (Wildman–Crippen LogP) is -0.240. The van der Waals surface area contributed by atoms with E-state index in [1.165, 1.54) is 21.6 Å². The van der Waals surface area contributed by atoms with E-state index in [1.807, 2.05) is 0 Å². The Morgan fingerprint density at radius 2 is 1.78 bits per heavy atom. The first-order valence-electron chi connectivity index (χ1n) is 11.5. The summed E-state index contributed by atoms with van der Waals surface area (Å²) in [5, 5.41) is 14.2. The van der Waals surface area contributed by atoms with Gasteiger partial charge in [0.25, 0.3) is 0 Å². The molecule has 4 atom stereocenters. The number of carbonyl (C=O) groups is 6. The lowest BCUT2D eigenvalue weighted by molar-refractivity contribution is -0.161. The predicted molar refractivity (Wildman–Crippen MR) is 127 cm³/mol. The number of benzene rings is 1. The van der Waals surface area contributed by atoms with Crippen LogP contribution in [0.1, 0.15) is 32.4 Å². The number of nitrogens with one attached hydrogen (secondary N) is 2. The standard InChI is InChI=1S/C23H27N5O7S/c1-4-26-10-11-27(19(32)18(26)31)22(35)25-13(12-8-6-5-7-9-12)16(29)24-14-17(30)28-15(21(33)34)23(2,3)36-20(14)28/h5-9,13-15,20H,4,10-11H2,1-3H3,(H,24,29)(H,25,35)(H,33,34)/t13-,14+,15+,20-/m0/s1. The Morgan fingerprint density at radius 1 is 1.11 bits per heavy atom. The maximum absolute atomic E-state index is 13.3. The first-order chi connectivity index (χ1) is 17.0. The number of rotatable bonds is 6. The average molecular weight is 518 g/mol. The number of aliphatic carboxylic acids is 1. The number of carboxylic acid groups (broad SMARTS) is 1. The van der Waals surface area contributed by atoms with Crippen LogP contribution in [0.25, 0.3) is 0 Å². The Hall–Kier alpha value is -3.61. The molecule has 3 aliphatic heterocycles. The number of likely N-dealkylation sites (N-methyl/N-ethyl adjacent to an activating group) is 1. The first-order valence-corrected chi connectivity index (χ1v) is 12.3. The zero-order valence-corrected chi connectivity index (χ0v) is 20.8. The number of carboxylic acids is 1. The molecule has 3 heterocycles. The molecule has 1 aromatic rings. The van der Waals surface area contributed by atoms with Gasteiger partial charge in [0.2, 0.25) is 11.8 Å². The fraction of sp³-hybridized carbons (Fsp3) is 0.478. The quantitative estimate of drug-likeness (QED) is 0.345. The van der Waals surface area contributed by atoms with Gasteiger partial charge in [-0.15, -0.1) is 11.8 Å². The fourth-order valence-corrected chi connectivity index (χ4v) is 6.32. The zero-order valence-electron chi connectivity index (χ0n) is 20.0. The summed E-state index contributed by atoms with van der Waals surface area (Å²) in [6, 6.07) is 4.11. The third-order valence-electron chi connectivity index (χ3n) is 6.57. The van der Waals surface area contributed by atoms with Crippen molar-refractivity contribution in [3.8, 4) is 0 Å². The largest absolute Gasteiger partial charge is 0.480 e. The third kappa shape index (κ3) is 4.27. The molecule has 6 amide bonds. The van der Waals surface area contributed by atoms with E-state index in [4.69, 9.17) is 0 Å². The topological polar surface area (TPSA) is 156 Å². The molecule has 0 radical (unpaired) electrons. The normalized spacial score (nSPS) is 25.7. The number of piperazine rings is 1. The van der Waals surface area contributed by atoms with E-state index in [9.17, 15) is 33.9 Å². The number of urea groups is 1. The molecule has 3 saturated heterocycles. The van der Waals surface area contributed by atoms with Crippen LogP contribution in [0.15, 0.2) is 30.3 Å². The molecule has 0 aliphatic carbocycles. The summed E-state index contributed by atoms with van der Waals surface area (Å²) in [4.78, 5) is 78.8. The average Bonchev–Trinajstić information content (AvgIpc) is 3.10. The van der Waals surface area contributed by atoms with Gasteiger partial charge in [0.05, 0.1) is 0 Å². The molecule has 192 valence electrons. The lowest BCUT2D eigenvalue weighted by atomic mass is 9.95. The van der Waals surface area contributed by atoms with Crippen LogP contribution in [-0.4, -0.2) is 97.3 Å². The highest BCUT2D eigenvalue weighted by molar-refractivity contribution is 8.01. The van der Waals surface area contributed by atoms with Gasteiger partial charge in [-0.05, 0) is 26.3 Å². The van der Waals surface area contributed by atoms with Crippen molar-refractivity contribution in [2.75, 3.05) is 19.6 Å². The fourth-order valence-electron chi connectivity index (χ4n) is 4.70. The second-order valence-electron chi connectivity index (χ2n) is 9.22. The van der Waals surface area contributed by atoms with E-state index >= 15 is 0 Å². The van der Waals surface area contributed by atoms with E-state index in [0.29, 0.717) is 12.1 Å². The molecule has 36 heavy (non-hydrogen) atoms. The third-order valence-corrected chi connectivity index (χ3v) is 8.14. The molecule has 4 rings (SSSR count). The molecule has 0 spiro atoms. The van der Waals surface area contributed by atoms with Gasteiger partial charge >= 0.3 is 23.8 Å². The number of hydrogen-bond acceptors (Lipinski definition) is 7. The summed E-state index contributed by atoms with van der Waals surface area (Å²) >= 11 is 1.28. The summed E-state index contributed by atoms with van der Waals surface area (Å²) in [6.45, 7) is 5.67. The SMILES string of the molecule is CCN1CCN(C(=O)N[C@H](C(=O)N[C@@H]2C(=O)N3[C@H]2SC(C)(C)[C@H]3C(=O)O)c2ccccc2)C(=O)C1=O. The van der Waals surface area contributed by atoms with Gasteiger partial charge in [-0.25, -0.2) is 9.59 Å². The van der Waals surface area contributed by atoms with Crippen LogP contribution in [0.5, 0.6) is 0 Å². The highest BCUT2D eigenvalue weighted by Gasteiger charge is 2.64. The number of hydrogen-bond donors (Lipinski definition) is 3. The number of imide groups is 1. The zero-order chi connectivity index (χ0) is 26.4. The Morgan fingerprint density at radius 3 is 2.39 bits per heavy atom. The maximum atomic E-state index is 13.3. The molecule has 12 nitrogen and oxygen atoms in total. The van der Waals surface area contributed by atoms with Crippen molar-refractivity contribution in [3.05, 3.63) is 35.9 Å². The molecule has 13 heteroatoms. The van der Waals surface area contributed by atoms with Gasteiger partial charge in [-0.3, -0.25) is 24.1 Å². The Labute approximate surface area is 211 Å². The number of carbonyl (C=O) groups excluding carboxylic acids is 5. The van der Waals surface area contributed by atoms with Crippen LogP contribution in [-0.2, 0) is 24.0 Å². The van der Waals surface area contributed by atoms with Crippen molar-refractivity contribution in [1.29, 1.82) is 0 Å². The smallest absolute Gasteiger partial charge is 0.327 e. The van der Waals surface area contributed by atoms with Crippen LogP contribution in [0, 0.1) is 0 Å². The van der Waals surface area contributed by atoms with Crippen molar-refractivity contribution < 1.29 is 33.9 Å². The Kier molecular flexibility index (Phi) is 6.69. The number of nitrogens with zero attached hydrogens (tertiary/aromatic N) is 3. The molecular formula is C23H27N5O7S. The maximum Gasteiger partial charge on any atom is 0.327 e. The number of thioether (sulfide) groups is 1. The lowest BCUT2D eigenvalue weighted by Gasteiger charge is -2.44. The van der Waals surface area contributed by atoms with Crippen LogP contribution in [0.4, 0.5) is 4.79 Å². The van der Waals surface area contributed by atoms with Crippen molar-refractivity contribution >= 4 is 47.4 Å². The van der Waals surface area contributed by atoms with E-state index in [0.717, 1.165) is 4.90 Å². The van der Waals surface area contributed by atoms with E-state index in [1.54, 1.807) is 51.1 Å². The molecule has 0 unspecified atom stereocenters. The van der Waals surface area contributed by atoms with Gasteiger partial charge in [0, 0.05) is 24.4 Å². The molecular weight excluding hydrogens is 490 g/mol. The van der Waals surface area contributed by atoms with Crippen LogP contribution in [0.2, 0.25) is 0 Å². The highest BCUT2D eigenvalue weighted by atomic mass is 32.2. The van der Waals surface area contributed by atoms with Gasteiger partial charge < -0.3 is 25.5 Å². The first kappa shape index (κ1) is 25.5. The molecule has 0 bridgehead atoms. The minimum absolute atomic E-state index is 0.0200. The lowest BCUT2D eigenvalue weighted by Crippen LogP contribution is -2.71. The van der Waals surface area contributed by atoms with Gasteiger partial charge in [0.1, 0.15) is 23.5 Å². The Bertz CT molecular complexity index is 1130. The molecule has 0 saturated carbocycles. The second kappa shape index (κ2) is 9.45. The molecule has 3 N–H and O–H groups in total. The second-order valence-corrected chi connectivity index (χ2v) is 11.0. The van der Waals surface area contributed by atoms with E-state index in [-0.39, 0.29) is 13.1 Å². The highest BCUT2D eigenvalue weighted by Crippen LogP contribution is 2.50. The minimum atomic E-state index is -1.26. The number of amides is 6. The van der Waals surface area contributed by atoms with Crippen molar-refractivity contribution in [3.63, 3.8) is 0 Å². The van der Waals surface area contributed by atoms with E-state index < -0.39 is 63.9 Å². The van der Waals surface area contributed by atoms with Gasteiger partial charge in [0.15, 0.2) is 0 Å². The summed E-state index contributed by atoms with van der Waals surface area (Å²) in [6.07, 6.45) is 0. The van der Waals surface area contributed by atoms with E-state index in [2.05, 4.69) is 10.6 Å². The monoisotopic (exact) mass is 517 g/mol. The Balaban J connectivity index is 1.51. The summed E-state index contributed by atoms with van der Waals surface area (Å²) in [5.74, 6) is -4.12. The van der Waals surface area contributed by atoms with Crippen molar-refractivity contribution in [1.82, 2.24) is 25.3 Å². The molecule has 3 fully saturated rings. The van der Waals surface area contributed by atoms with Crippen LogP contribution >= 0.6 is 11.8 Å². The summed E-state index contributed by atoms with van der Waals surface area (Å²) in [5.41, 5.74) is 0.403. The van der Waals surface area contributed by atoms with Crippen LogP contribution < -0.4 is 10.6 Å². The van der Waals surface area contributed by atoms with Gasteiger partial charge in [-0.2, -0.15) is 0 Å². The number of β-lactam (4-membered cyclic amide) rings is 1. The minimum Gasteiger partial charge on any atom is -0.480 e. The van der Waals surface area contributed by atoms with Crippen molar-refractivity contribution in [2.45, 2.75) is 49.0 Å². The summed E-state index contributed by atoms with van der Waals surface area (Å²) in [7, 11) is 0. The molecule has 3 aliphatic rings. The van der Waals surface area contributed by atoms with Crippen LogP contribution in [0.3, 0.4) is 0 Å². The van der Waals surface area contributed by atoms with Gasteiger partial charge in [-0.1, -0.05) is 30.3 Å². The van der Waals surface area contributed by atoms with Crippen molar-refractivity contribution in [2.24, 2.45) is 0 Å². The number of fused-ring (bicyclic) bond motifs is 1. The summed E-state index contributed by atoms with van der Waals surface area (Å²) < 4.78 is -0.758. The molecule has 0 aromatic heterocycles.